The molecule has 0 atom stereocenters. The van der Waals surface area contributed by atoms with Crippen LogP contribution in [-0.2, 0) is 4.43 Å². The van der Waals surface area contributed by atoms with Crippen LogP contribution in [0.2, 0.25) is 0 Å². The monoisotopic (exact) mass is 194 g/mol. The first-order valence-electron chi connectivity index (χ1n) is 4.37. The molecule has 0 radical (unpaired) electrons. The Balaban J connectivity index is 3.01. The Morgan fingerprint density at radius 3 is 2.08 bits per heavy atom. The van der Waals surface area contributed by atoms with E-state index in [2.05, 4.69) is 11.3 Å². The third-order valence-electron chi connectivity index (χ3n) is 1.54. The number of rotatable bonds is 7. The third kappa shape index (κ3) is 10.1. The molecule has 0 aromatic heterocycles. The lowest BCUT2D eigenvalue weighted by molar-refractivity contribution is 0.0618. The normalized spacial score (nSPS) is 12.0. The van der Waals surface area contributed by atoms with E-state index >= 15 is 0 Å². The summed E-state index contributed by atoms with van der Waals surface area (Å²) >= 11 is 0. The van der Waals surface area contributed by atoms with E-state index in [-0.39, 0.29) is 6.61 Å². The highest BCUT2D eigenvalue weighted by Gasteiger charge is 2.29. The number of unbranched alkanes of at least 4 members (excludes halogenated alkanes) is 4. The van der Waals surface area contributed by atoms with E-state index in [0.717, 1.165) is 19.3 Å². The van der Waals surface area contributed by atoms with Gasteiger partial charge in [0, 0.05) is 6.61 Å². The zero-order chi connectivity index (χ0) is 9.45. The highest BCUT2D eigenvalue weighted by molar-refractivity contribution is 6.48. The molecular weight excluding hydrogens is 176 g/mol. The van der Waals surface area contributed by atoms with E-state index in [1.54, 1.807) is 0 Å². The minimum atomic E-state index is -4.23. The second-order valence-corrected chi connectivity index (χ2v) is 4.27. The highest BCUT2D eigenvalue weighted by atomic mass is 28.4. The average Bonchev–Trinajstić information content (AvgIpc) is 1.94. The van der Waals surface area contributed by atoms with Crippen LogP contribution in [0.3, 0.4) is 0 Å². The quantitative estimate of drug-likeness (QED) is 0.405. The Morgan fingerprint density at radius 2 is 1.58 bits per heavy atom. The van der Waals surface area contributed by atoms with Crippen molar-refractivity contribution in [2.24, 2.45) is 0 Å². The van der Waals surface area contributed by atoms with Gasteiger partial charge in [0.25, 0.3) is 0 Å². The molecule has 0 bridgehead atoms. The standard InChI is InChI=1S/C7H18O4Si/c1-2-3-4-5-6-7-11-12(8,9)10/h8-10H,2-7H2,1H3. The summed E-state index contributed by atoms with van der Waals surface area (Å²) < 4.78 is 4.42. The summed E-state index contributed by atoms with van der Waals surface area (Å²) in [6.07, 6.45) is 5.30. The van der Waals surface area contributed by atoms with Gasteiger partial charge in [0.05, 0.1) is 0 Å². The van der Waals surface area contributed by atoms with Gasteiger partial charge in [0.1, 0.15) is 0 Å². The van der Waals surface area contributed by atoms with Gasteiger partial charge in [0.15, 0.2) is 0 Å². The fourth-order valence-electron chi connectivity index (χ4n) is 0.915. The van der Waals surface area contributed by atoms with Crippen molar-refractivity contribution in [1.29, 1.82) is 0 Å². The van der Waals surface area contributed by atoms with E-state index < -0.39 is 9.05 Å². The zero-order valence-electron chi connectivity index (χ0n) is 7.49. The fourth-order valence-corrected chi connectivity index (χ4v) is 1.33. The molecule has 0 aliphatic heterocycles. The Bertz CT molecular complexity index is 102. The molecule has 12 heavy (non-hydrogen) atoms. The van der Waals surface area contributed by atoms with Gasteiger partial charge in [-0.3, -0.25) is 0 Å². The molecule has 0 aromatic rings. The topological polar surface area (TPSA) is 69.9 Å². The van der Waals surface area contributed by atoms with Gasteiger partial charge < -0.3 is 18.8 Å². The maximum Gasteiger partial charge on any atom is 0.671 e. The molecule has 4 nitrogen and oxygen atoms in total. The molecule has 0 fully saturated rings. The minimum absolute atomic E-state index is 0.236. The van der Waals surface area contributed by atoms with Crippen LogP contribution in [0.15, 0.2) is 0 Å². The molecule has 74 valence electrons. The number of hydrogen-bond acceptors (Lipinski definition) is 4. The van der Waals surface area contributed by atoms with Crippen molar-refractivity contribution in [2.75, 3.05) is 6.61 Å². The number of hydrogen-bond donors (Lipinski definition) is 3. The summed E-state index contributed by atoms with van der Waals surface area (Å²) in [5.74, 6) is 0. The van der Waals surface area contributed by atoms with Gasteiger partial charge in [-0.15, -0.1) is 0 Å². The van der Waals surface area contributed by atoms with Crippen LogP contribution in [0, 0.1) is 0 Å². The molecule has 0 spiro atoms. The molecule has 0 aliphatic carbocycles. The van der Waals surface area contributed by atoms with Gasteiger partial charge in [-0.05, 0) is 6.42 Å². The van der Waals surface area contributed by atoms with Crippen LogP contribution in [0.25, 0.3) is 0 Å². The summed E-state index contributed by atoms with van der Waals surface area (Å²) in [5, 5.41) is 0. The maximum atomic E-state index is 8.45. The molecule has 3 N–H and O–H groups in total. The predicted octanol–water partition coefficient (Wildman–Crippen LogP) is 0.386. The average molecular weight is 194 g/mol. The van der Waals surface area contributed by atoms with Gasteiger partial charge in [-0.2, -0.15) is 0 Å². The molecule has 0 aromatic carbocycles. The van der Waals surface area contributed by atoms with Crippen LogP contribution in [0.5, 0.6) is 0 Å². The Hall–Kier alpha value is 0.0569. The molecule has 0 saturated heterocycles. The second kappa shape index (κ2) is 6.56. The molecule has 0 unspecified atom stereocenters. The van der Waals surface area contributed by atoms with E-state index in [4.69, 9.17) is 14.4 Å². The van der Waals surface area contributed by atoms with Gasteiger partial charge in [-0.1, -0.05) is 32.6 Å². The van der Waals surface area contributed by atoms with E-state index in [9.17, 15) is 0 Å². The summed E-state index contributed by atoms with van der Waals surface area (Å²) in [7, 11) is -4.23. The lowest BCUT2D eigenvalue weighted by Gasteiger charge is -2.08. The van der Waals surface area contributed by atoms with Crippen molar-refractivity contribution in [3.8, 4) is 0 Å². The largest absolute Gasteiger partial charge is 0.671 e. The van der Waals surface area contributed by atoms with Crippen molar-refractivity contribution >= 4 is 9.05 Å². The molecule has 5 heteroatoms. The van der Waals surface area contributed by atoms with Crippen molar-refractivity contribution in [1.82, 2.24) is 0 Å². The van der Waals surface area contributed by atoms with Gasteiger partial charge in [0.2, 0.25) is 0 Å². The maximum absolute atomic E-state index is 8.45. The smallest absolute Gasteiger partial charge is 0.368 e. The Morgan fingerprint density at radius 1 is 1.00 bits per heavy atom. The molecular formula is C7H18O4Si. The summed E-state index contributed by atoms with van der Waals surface area (Å²) in [6.45, 7) is 2.36. The summed E-state index contributed by atoms with van der Waals surface area (Å²) in [6, 6.07) is 0. The van der Waals surface area contributed by atoms with Crippen LogP contribution in [-0.4, -0.2) is 30.0 Å². The minimum Gasteiger partial charge on any atom is -0.368 e. The highest BCUT2D eigenvalue weighted by Crippen LogP contribution is 2.03. The molecule has 0 aliphatic rings. The SMILES string of the molecule is CCCCCCCO[Si](O)(O)O. The van der Waals surface area contributed by atoms with E-state index in [0.29, 0.717) is 0 Å². The van der Waals surface area contributed by atoms with E-state index in [1.165, 1.54) is 12.8 Å². The predicted molar refractivity (Wildman–Crippen MR) is 47.1 cm³/mol. The van der Waals surface area contributed by atoms with Crippen LogP contribution in [0.4, 0.5) is 0 Å². The van der Waals surface area contributed by atoms with Crippen molar-refractivity contribution < 1.29 is 18.8 Å². The molecule has 0 saturated carbocycles. The second-order valence-electron chi connectivity index (χ2n) is 2.84. The van der Waals surface area contributed by atoms with Crippen LogP contribution >= 0.6 is 0 Å². The van der Waals surface area contributed by atoms with Gasteiger partial charge in [-0.25, -0.2) is 0 Å². The van der Waals surface area contributed by atoms with E-state index in [1.807, 2.05) is 0 Å². The zero-order valence-corrected chi connectivity index (χ0v) is 8.49. The summed E-state index contributed by atoms with van der Waals surface area (Å²) in [5.41, 5.74) is 0. The molecule has 0 rings (SSSR count). The lowest BCUT2D eigenvalue weighted by Crippen LogP contribution is -2.39. The van der Waals surface area contributed by atoms with Crippen molar-refractivity contribution in [2.45, 2.75) is 39.0 Å². The Labute approximate surface area is 74.3 Å². The first-order valence-corrected chi connectivity index (χ1v) is 6.12. The lowest BCUT2D eigenvalue weighted by atomic mass is 10.2. The molecule has 0 heterocycles. The third-order valence-corrected chi connectivity index (χ3v) is 2.14. The van der Waals surface area contributed by atoms with Crippen molar-refractivity contribution in [3.05, 3.63) is 0 Å². The first-order chi connectivity index (χ1) is 5.56. The Kier molecular flexibility index (Phi) is 6.59. The van der Waals surface area contributed by atoms with Crippen LogP contribution in [0.1, 0.15) is 39.0 Å². The fraction of sp³-hybridized carbons (Fsp3) is 1.00. The van der Waals surface area contributed by atoms with Crippen molar-refractivity contribution in [3.63, 3.8) is 0 Å². The van der Waals surface area contributed by atoms with Gasteiger partial charge >= 0.3 is 9.05 Å². The first kappa shape index (κ1) is 12.1. The van der Waals surface area contributed by atoms with Crippen LogP contribution < -0.4 is 0 Å². The summed E-state index contributed by atoms with van der Waals surface area (Å²) in [4.78, 5) is 25.3. The molecule has 0 amide bonds.